The van der Waals surface area contributed by atoms with Gasteiger partial charge in [-0.25, -0.2) is 14.8 Å². The van der Waals surface area contributed by atoms with Gasteiger partial charge in [0.25, 0.3) is 0 Å². The lowest BCUT2D eigenvalue weighted by Crippen LogP contribution is -2.41. The van der Waals surface area contributed by atoms with Crippen molar-refractivity contribution in [3.63, 3.8) is 0 Å². The summed E-state index contributed by atoms with van der Waals surface area (Å²) in [7, 11) is 0. The van der Waals surface area contributed by atoms with Crippen molar-refractivity contribution < 1.29 is 14.7 Å². The van der Waals surface area contributed by atoms with Crippen molar-refractivity contribution in [3.05, 3.63) is 11.8 Å². The van der Waals surface area contributed by atoms with Crippen LogP contribution in [0.5, 0.6) is 0 Å². The van der Waals surface area contributed by atoms with Gasteiger partial charge in [0, 0.05) is 37.4 Å². The molecular formula is C17H24N4O3S. The van der Waals surface area contributed by atoms with E-state index in [1.165, 1.54) is 18.9 Å². The highest BCUT2D eigenvalue weighted by Gasteiger charge is 2.23. The standard InChI is InChI=1S/C17H24N4O3S/c1-11(22)21-8-6-12(7-9-21)18-15-10-14(16(23)24)19-17(20-15)25-13-4-2-3-5-13/h10,12-13H,2-9H2,1H3,(H,23,24)(H,18,19,20). The Morgan fingerprint density at radius 1 is 1.20 bits per heavy atom. The number of carbonyl (C=O) groups is 2. The van der Waals surface area contributed by atoms with Crippen LogP contribution in [0.15, 0.2) is 11.2 Å². The number of carboxylic acids is 1. The average molecular weight is 364 g/mol. The lowest BCUT2D eigenvalue weighted by Gasteiger charge is -2.32. The normalized spacial score (nSPS) is 19.2. The molecule has 1 saturated carbocycles. The molecule has 1 saturated heterocycles. The van der Waals surface area contributed by atoms with Crippen LogP contribution in [0.3, 0.4) is 0 Å². The first-order valence-electron chi connectivity index (χ1n) is 8.82. The van der Waals surface area contributed by atoms with Crippen molar-refractivity contribution in [2.75, 3.05) is 18.4 Å². The van der Waals surface area contributed by atoms with Crippen LogP contribution in [0.2, 0.25) is 0 Å². The zero-order valence-corrected chi connectivity index (χ0v) is 15.2. The van der Waals surface area contributed by atoms with E-state index in [1.54, 1.807) is 18.7 Å². The van der Waals surface area contributed by atoms with Crippen molar-refractivity contribution in [1.82, 2.24) is 14.9 Å². The summed E-state index contributed by atoms with van der Waals surface area (Å²) < 4.78 is 0. The van der Waals surface area contributed by atoms with Gasteiger partial charge in [0.2, 0.25) is 5.91 Å². The largest absolute Gasteiger partial charge is 0.477 e. The summed E-state index contributed by atoms with van der Waals surface area (Å²) in [4.78, 5) is 33.3. The fourth-order valence-corrected chi connectivity index (χ4v) is 4.53. The van der Waals surface area contributed by atoms with Crippen LogP contribution >= 0.6 is 11.8 Å². The molecule has 8 heteroatoms. The van der Waals surface area contributed by atoms with Gasteiger partial charge in [-0.2, -0.15) is 0 Å². The molecule has 0 bridgehead atoms. The maximum atomic E-state index is 11.4. The summed E-state index contributed by atoms with van der Waals surface area (Å²) in [5.41, 5.74) is 0.0270. The second-order valence-electron chi connectivity index (χ2n) is 6.68. The minimum absolute atomic E-state index is 0.0270. The molecule has 1 amide bonds. The van der Waals surface area contributed by atoms with Crippen LogP contribution in [0.25, 0.3) is 0 Å². The molecule has 0 spiro atoms. The minimum Gasteiger partial charge on any atom is -0.477 e. The van der Waals surface area contributed by atoms with Crippen LogP contribution in [-0.4, -0.2) is 56.2 Å². The fourth-order valence-electron chi connectivity index (χ4n) is 3.36. The molecule has 1 aromatic heterocycles. The van der Waals surface area contributed by atoms with Gasteiger partial charge in [-0.05, 0) is 25.7 Å². The highest BCUT2D eigenvalue weighted by atomic mass is 32.2. The van der Waals surface area contributed by atoms with E-state index in [2.05, 4.69) is 15.3 Å². The number of nitrogens with zero attached hydrogens (tertiary/aromatic N) is 3. The van der Waals surface area contributed by atoms with Crippen LogP contribution in [0.4, 0.5) is 5.82 Å². The number of anilines is 1. The maximum Gasteiger partial charge on any atom is 0.354 e. The maximum absolute atomic E-state index is 11.4. The molecule has 1 aliphatic heterocycles. The molecule has 136 valence electrons. The Balaban J connectivity index is 1.68. The van der Waals surface area contributed by atoms with E-state index in [4.69, 9.17) is 0 Å². The van der Waals surface area contributed by atoms with Gasteiger partial charge in [-0.1, -0.05) is 24.6 Å². The van der Waals surface area contributed by atoms with Crippen molar-refractivity contribution in [1.29, 1.82) is 0 Å². The van der Waals surface area contributed by atoms with Gasteiger partial charge < -0.3 is 15.3 Å². The molecule has 2 N–H and O–H groups in total. The Hall–Kier alpha value is -1.83. The number of thioether (sulfide) groups is 1. The molecule has 0 unspecified atom stereocenters. The Labute approximate surface area is 151 Å². The number of amides is 1. The van der Waals surface area contributed by atoms with Crippen molar-refractivity contribution >= 4 is 29.5 Å². The lowest BCUT2D eigenvalue weighted by molar-refractivity contribution is -0.129. The van der Waals surface area contributed by atoms with Gasteiger partial charge in [-0.3, -0.25) is 4.79 Å². The minimum atomic E-state index is -1.04. The number of piperidine rings is 1. The molecule has 2 heterocycles. The summed E-state index contributed by atoms with van der Waals surface area (Å²) in [6.45, 7) is 3.02. The quantitative estimate of drug-likeness (QED) is 0.775. The van der Waals surface area contributed by atoms with E-state index in [0.29, 0.717) is 29.3 Å². The van der Waals surface area contributed by atoms with Gasteiger partial charge in [0.15, 0.2) is 10.9 Å². The Kier molecular flexibility index (Phi) is 5.78. The highest BCUT2D eigenvalue weighted by Crippen LogP contribution is 2.33. The summed E-state index contributed by atoms with van der Waals surface area (Å²) in [6, 6.07) is 1.69. The first-order chi connectivity index (χ1) is 12.0. The molecule has 0 radical (unpaired) electrons. The van der Waals surface area contributed by atoms with Gasteiger partial charge in [0.05, 0.1) is 0 Å². The van der Waals surface area contributed by atoms with Crippen molar-refractivity contribution in [2.24, 2.45) is 0 Å². The third kappa shape index (κ3) is 4.84. The number of carbonyl (C=O) groups excluding carboxylic acids is 1. The Morgan fingerprint density at radius 2 is 1.88 bits per heavy atom. The Morgan fingerprint density at radius 3 is 2.48 bits per heavy atom. The predicted molar refractivity (Wildman–Crippen MR) is 96.0 cm³/mol. The monoisotopic (exact) mass is 364 g/mol. The van der Waals surface area contributed by atoms with Crippen LogP contribution in [0.1, 0.15) is 55.9 Å². The van der Waals surface area contributed by atoms with E-state index >= 15 is 0 Å². The SMILES string of the molecule is CC(=O)N1CCC(Nc2cc(C(=O)O)nc(SC3CCCC3)n2)CC1. The van der Waals surface area contributed by atoms with Gasteiger partial charge in [-0.15, -0.1) is 0 Å². The molecule has 3 rings (SSSR count). The predicted octanol–water partition coefficient (Wildman–Crippen LogP) is 2.63. The number of aromatic carboxylic acids is 1. The second-order valence-corrected chi connectivity index (χ2v) is 7.94. The first kappa shape index (κ1) is 18.0. The number of likely N-dealkylation sites (tertiary alicyclic amines) is 1. The summed E-state index contributed by atoms with van der Waals surface area (Å²) in [5, 5.41) is 13.7. The zero-order chi connectivity index (χ0) is 17.8. The first-order valence-corrected chi connectivity index (χ1v) is 9.70. The van der Waals surface area contributed by atoms with E-state index in [-0.39, 0.29) is 17.6 Å². The molecule has 0 aromatic carbocycles. The molecule has 2 fully saturated rings. The molecule has 2 aliphatic rings. The smallest absolute Gasteiger partial charge is 0.354 e. The average Bonchev–Trinajstić information content (AvgIpc) is 3.08. The molecule has 1 aliphatic carbocycles. The Bertz CT molecular complexity index is 641. The van der Waals surface area contributed by atoms with Crippen LogP contribution in [0, 0.1) is 0 Å². The number of carboxylic acid groups (broad SMARTS) is 1. The molecule has 25 heavy (non-hydrogen) atoms. The summed E-state index contributed by atoms with van der Waals surface area (Å²) in [5.74, 6) is -0.372. The van der Waals surface area contributed by atoms with Crippen LogP contribution < -0.4 is 5.32 Å². The van der Waals surface area contributed by atoms with Crippen molar-refractivity contribution in [2.45, 2.75) is 61.9 Å². The van der Waals surface area contributed by atoms with E-state index in [1.807, 2.05) is 4.90 Å². The van der Waals surface area contributed by atoms with Gasteiger partial charge >= 0.3 is 5.97 Å². The topological polar surface area (TPSA) is 95.4 Å². The van der Waals surface area contributed by atoms with E-state index in [9.17, 15) is 14.7 Å². The fraction of sp³-hybridized carbons (Fsp3) is 0.647. The second kappa shape index (κ2) is 8.03. The molecular weight excluding hydrogens is 340 g/mol. The van der Waals surface area contributed by atoms with E-state index in [0.717, 1.165) is 25.7 Å². The van der Waals surface area contributed by atoms with E-state index < -0.39 is 5.97 Å². The zero-order valence-electron chi connectivity index (χ0n) is 14.4. The lowest BCUT2D eigenvalue weighted by atomic mass is 10.1. The number of nitrogens with one attached hydrogen (secondary N) is 1. The third-order valence-electron chi connectivity index (χ3n) is 4.79. The molecule has 0 atom stereocenters. The van der Waals surface area contributed by atoms with Crippen LogP contribution in [-0.2, 0) is 4.79 Å². The number of aromatic nitrogens is 2. The highest BCUT2D eigenvalue weighted by molar-refractivity contribution is 7.99. The van der Waals surface area contributed by atoms with Crippen molar-refractivity contribution in [3.8, 4) is 0 Å². The summed E-state index contributed by atoms with van der Waals surface area (Å²) >= 11 is 1.58. The summed E-state index contributed by atoms with van der Waals surface area (Å²) in [6.07, 6.45) is 6.37. The van der Waals surface area contributed by atoms with Gasteiger partial charge in [0.1, 0.15) is 5.82 Å². The number of hydrogen-bond acceptors (Lipinski definition) is 6. The number of rotatable bonds is 5. The third-order valence-corrected chi connectivity index (χ3v) is 5.99. The number of hydrogen-bond donors (Lipinski definition) is 2. The molecule has 7 nitrogen and oxygen atoms in total. The molecule has 1 aromatic rings.